The van der Waals surface area contributed by atoms with Gasteiger partial charge in [0.15, 0.2) is 0 Å². The number of benzene rings is 1. The number of hydrogen-bond donors (Lipinski definition) is 1. The lowest BCUT2D eigenvalue weighted by Gasteiger charge is -2.36. The quantitative estimate of drug-likeness (QED) is 0.816. The van der Waals surface area contributed by atoms with Gasteiger partial charge in [0, 0.05) is 44.2 Å². The summed E-state index contributed by atoms with van der Waals surface area (Å²) in [5.74, 6) is -1.59. The molecule has 7 heteroatoms. The average molecular weight is 408 g/mol. The molecule has 0 aliphatic carbocycles. The van der Waals surface area contributed by atoms with E-state index < -0.39 is 17.5 Å². The molecule has 0 aromatic heterocycles. The van der Waals surface area contributed by atoms with E-state index in [4.69, 9.17) is 0 Å². The van der Waals surface area contributed by atoms with Crippen molar-refractivity contribution in [1.29, 1.82) is 0 Å². The van der Waals surface area contributed by atoms with E-state index in [-0.39, 0.29) is 17.4 Å². The third-order valence-corrected chi connectivity index (χ3v) is 6.16. The summed E-state index contributed by atoms with van der Waals surface area (Å²) in [6.07, 6.45) is 3.42. The minimum absolute atomic E-state index is 0.0479. The van der Waals surface area contributed by atoms with Crippen LogP contribution in [-0.4, -0.2) is 60.4 Å². The van der Waals surface area contributed by atoms with Crippen molar-refractivity contribution in [3.63, 3.8) is 0 Å². The van der Waals surface area contributed by atoms with Crippen LogP contribution in [0.2, 0.25) is 0 Å². The van der Waals surface area contributed by atoms with Crippen molar-refractivity contribution in [2.75, 3.05) is 32.7 Å². The molecule has 2 heterocycles. The Bertz CT molecular complexity index is 733. The summed E-state index contributed by atoms with van der Waals surface area (Å²) in [7, 11) is 0. The normalized spacial score (nSPS) is 21.4. The van der Waals surface area contributed by atoms with Gasteiger partial charge in [0.1, 0.15) is 11.6 Å². The number of carbonyl (C=O) groups excluding carboxylic acids is 2. The van der Waals surface area contributed by atoms with Crippen LogP contribution in [-0.2, 0) is 4.79 Å². The SMILES string of the molecule is CC(C)N1CCCC(CNC(=O)C2CCN(C(=O)c3ccc(F)cc3F)CC2)C1. The predicted octanol–water partition coefficient (Wildman–Crippen LogP) is 3.05. The second-order valence-electron chi connectivity index (χ2n) is 8.53. The van der Waals surface area contributed by atoms with E-state index in [0.29, 0.717) is 44.4 Å². The molecular formula is C22H31F2N3O2. The van der Waals surface area contributed by atoms with E-state index in [0.717, 1.165) is 31.6 Å². The van der Waals surface area contributed by atoms with Gasteiger partial charge >= 0.3 is 0 Å². The van der Waals surface area contributed by atoms with Crippen LogP contribution in [0.4, 0.5) is 8.78 Å². The Labute approximate surface area is 171 Å². The Balaban J connectivity index is 1.45. The third kappa shape index (κ3) is 5.53. The smallest absolute Gasteiger partial charge is 0.256 e. The fourth-order valence-corrected chi connectivity index (χ4v) is 4.30. The van der Waals surface area contributed by atoms with Crippen molar-refractivity contribution in [2.45, 2.75) is 45.6 Å². The highest BCUT2D eigenvalue weighted by Gasteiger charge is 2.29. The number of rotatable bonds is 5. The van der Waals surface area contributed by atoms with Gasteiger partial charge in [0.05, 0.1) is 5.56 Å². The van der Waals surface area contributed by atoms with Crippen LogP contribution in [0, 0.1) is 23.5 Å². The van der Waals surface area contributed by atoms with Crippen molar-refractivity contribution in [1.82, 2.24) is 15.1 Å². The average Bonchev–Trinajstić information content (AvgIpc) is 2.72. The molecule has 1 N–H and O–H groups in total. The molecule has 2 aliphatic heterocycles. The van der Waals surface area contributed by atoms with Gasteiger partial charge in [-0.05, 0) is 64.1 Å². The highest BCUT2D eigenvalue weighted by Crippen LogP contribution is 2.22. The van der Waals surface area contributed by atoms with E-state index in [1.54, 1.807) is 4.90 Å². The topological polar surface area (TPSA) is 52.7 Å². The van der Waals surface area contributed by atoms with Gasteiger partial charge in [-0.25, -0.2) is 8.78 Å². The van der Waals surface area contributed by atoms with E-state index in [1.807, 2.05) is 0 Å². The molecule has 1 aromatic carbocycles. The Morgan fingerprint density at radius 3 is 2.52 bits per heavy atom. The largest absolute Gasteiger partial charge is 0.356 e. The van der Waals surface area contributed by atoms with Gasteiger partial charge in [0.25, 0.3) is 5.91 Å². The molecule has 0 bridgehead atoms. The van der Waals surface area contributed by atoms with Crippen molar-refractivity contribution < 1.29 is 18.4 Å². The van der Waals surface area contributed by atoms with Crippen LogP contribution < -0.4 is 5.32 Å². The number of halogens is 2. The van der Waals surface area contributed by atoms with Crippen LogP contribution in [0.15, 0.2) is 18.2 Å². The van der Waals surface area contributed by atoms with Gasteiger partial charge in [-0.2, -0.15) is 0 Å². The van der Waals surface area contributed by atoms with E-state index >= 15 is 0 Å². The number of piperidine rings is 2. The van der Waals surface area contributed by atoms with Gasteiger partial charge < -0.3 is 15.1 Å². The van der Waals surface area contributed by atoms with Crippen molar-refractivity contribution >= 4 is 11.8 Å². The van der Waals surface area contributed by atoms with Crippen molar-refractivity contribution in [2.24, 2.45) is 11.8 Å². The van der Waals surface area contributed by atoms with Crippen molar-refractivity contribution in [3.8, 4) is 0 Å². The first-order valence-electron chi connectivity index (χ1n) is 10.6. The maximum Gasteiger partial charge on any atom is 0.256 e. The number of likely N-dealkylation sites (tertiary alicyclic amines) is 2. The minimum Gasteiger partial charge on any atom is -0.356 e. The lowest BCUT2D eigenvalue weighted by atomic mass is 9.94. The fourth-order valence-electron chi connectivity index (χ4n) is 4.30. The zero-order valence-corrected chi connectivity index (χ0v) is 17.3. The van der Waals surface area contributed by atoms with E-state index in [2.05, 4.69) is 24.1 Å². The summed E-state index contributed by atoms with van der Waals surface area (Å²) >= 11 is 0. The molecule has 0 saturated carbocycles. The summed E-state index contributed by atoms with van der Waals surface area (Å²) in [6, 6.07) is 3.51. The zero-order valence-electron chi connectivity index (χ0n) is 17.3. The van der Waals surface area contributed by atoms with Crippen LogP contribution in [0.25, 0.3) is 0 Å². The molecule has 1 atom stereocenters. The molecule has 5 nitrogen and oxygen atoms in total. The first kappa shape index (κ1) is 21.7. The van der Waals surface area contributed by atoms with Gasteiger partial charge in [-0.1, -0.05) is 0 Å². The molecule has 1 unspecified atom stereocenters. The highest BCUT2D eigenvalue weighted by molar-refractivity contribution is 5.94. The molecule has 3 rings (SSSR count). The standard InChI is InChI=1S/C22H31F2N3O2/c1-15(2)27-9-3-4-16(14-27)13-25-21(28)17-7-10-26(11-8-17)22(29)19-6-5-18(23)12-20(19)24/h5-6,12,15-17H,3-4,7-11,13-14H2,1-2H3,(H,25,28). The second kappa shape index (κ2) is 9.65. The molecular weight excluding hydrogens is 376 g/mol. The molecule has 1 aromatic rings. The van der Waals surface area contributed by atoms with Crippen molar-refractivity contribution in [3.05, 3.63) is 35.4 Å². The second-order valence-corrected chi connectivity index (χ2v) is 8.53. The Morgan fingerprint density at radius 1 is 1.14 bits per heavy atom. The number of hydrogen-bond acceptors (Lipinski definition) is 3. The summed E-state index contributed by atoms with van der Waals surface area (Å²) in [6.45, 7) is 8.05. The lowest BCUT2D eigenvalue weighted by Crippen LogP contribution is -2.46. The number of amides is 2. The van der Waals surface area contributed by atoms with Crippen LogP contribution in [0.1, 0.15) is 49.9 Å². The summed E-state index contributed by atoms with van der Waals surface area (Å²) in [5, 5.41) is 3.10. The van der Waals surface area contributed by atoms with E-state index in [1.165, 1.54) is 12.5 Å². The molecule has 2 fully saturated rings. The minimum atomic E-state index is -0.849. The Hall–Kier alpha value is -2.02. The van der Waals surface area contributed by atoms with Gasteiger partial charge in [-0.15, -0.1) is 0 Å². The molecule has 160 valence electrons. The Kier molecular flexibility index (Phi) is 7.22. The summed E-state index contributed by atoms with van der Waals surface area (Å²) in [4.78, 5) is 29.0. The summed E-state index contributed by atoms with van der Waals surface area (Å²) in [5.41, 5.74) is -0.124. The van der Waals surface area contributed by atoms with Crippen LogP contribution >= 0.6 is 0 Å². The number of nitrogens with zero attached hydrogens (tertiary/aromatic N) is 2. The number of nitrogens with one attached hydrogen (secondary N) is 1. The van der Waals surface area contributed by atoms with Crippen LogP contribution in [0.5, 0.6) is 0 Å². The molecule has 29 heavy (non-hydrogen) atoms. The first-order valence-corrected chi connectivity index (χ1v) is 10.6. The molecule has 0 spiro atoms. The monoisotopic (exact) mass is 407 g/mol. The van der Waals surface area contributed by atoms with Crippen LogP contribution in [0.3, 0.4) is 0 Å². The summed E-state index contributed by atoms with van der Waals surface area (Å²) < 4.78 is 26.9. The van der Waals surface area contributed by atoms with Gasteiger partial charge in [-0.3, -0.25) is 9.59 Å². The number of carbonyl (C=O) groups is 2. The van der Waals surface area contributed by atoms with E-state index in [9.17, 15) is 18.4 Å². The first-order chi connectivity index (χ1) is 13.8. The fraction of sp³-hybridized carbons (Fsp3) is 0.636. The molecule has 0 radical (unpaired) electrons. The molecule has 2 aliphatic rings. The Morgan fingerprint density at radius 2 is 1.86 bits per heavy atom. The zero-order chi connectivity index (χ0) is 21.0. The maximum absolute atomic E-state index is 13.9. The molecule has 2 amide bonds. The predicted molar refractivity (Wildman–Crippen MR) is 107 cm³/mol. The maximum atomic E-state index is 13.9. The van der Waals surface area contributed by atoms with Gasteiger partial charge in [0.2, 0.25) is 5.91 Å². The highest BCUT2D eigenvalue weighted by atomic mass is 19.1. The lowest BCUT2D eigenvalue weighted by molar-refractivity contribution is -0.126. The third-order valence-electron chi connectivity index (χ3n) is 6.16. The molecule has 2 saturated heterocycles.